The van der Waals surface area contributed by atoms with Crippen LogP contribution in [0.25, 0.3) is 0 Å². The van der Waals surface area contributed by atoms with Gasteiger partial charge in [0.15, 0.2) is 11.5 Å². The van der Waals surface area contributed by atoms with E-state index in [-0.39, 0.29) is 43.0 Å². The molecule has 43 heavy (non-hydrogen) atoms. The zero-order valence-electron chi connectivity index (χ0n) is 24.1. The van der Waals surface area contributed by atoms with Crippen molar-refractivity contribution in [3.05, 3.63) is 89.7 Å². The Kier molecular flexibility index (Phi) is 9.49. The molecule has 9 nitrogen and oxygen atoms in total. The molecular weight excluding hydrogens is 573 g/mol. The Labute approximate surface area is 251 Å². The minimum atomic E-state index is -3.96. The Balaban J connectivity index is 1.51. The van der Waals surface area contributed by atoms with Crippen LogP contribution >= 0.6 is 0 Å². The third-order valence-electron chi connectivity index (χ3n) is 7.84. The number of amides is 2. The maximum atomic E-state index is 15.0. The average Bonchev–Trinajstić information content (AvgIpc) is 3.47. The summed E-state index contributed by atoms with van der Waals surface area (Å²) in [6.45, 7) is -0.820. The molecule has 0 aromatic heterocycles. The molecule has 2 amide bonds. The van der Waals surface area contributed by atoms with Crippen LogP contribution < -0.4 is 19.1 Å². The molecule has 3 aromatic carbocycles. The second-order valence-electron chi connectivity index (χ2n) is 11.0. The van der Waals surface area contributed by atoms with Crippen molar-refractivity contribution in [2.75, 3.05) is 23.9 Å². The summed E-state index contributed by atoms with van der Waals surface area (Å²) in [4.78, 5) is 29.5. The van der Waals surface area contributed by atoms with Gasteiger partial charge in [0.05, 0.1) is 11.9 Å². The number of nitrogens with one attached hydrogen (secondary N) is 1. The minimum absolute atomic E-state index is 0.00425. The van der Waals surface area contributed by atoms with Crippen molar-refractivity contribution in [1.29, 1.82) is 0 Å². The number of sulfonamides is 1. The van der Waals surface area contributed by atoms with Crippen LogP contribution in [0.1, 0.15) is 43.2 Å². The molecule has 5 rings (SSSR count). The smallest absolute Gasteiger partial charge is 0.244 e. The Morgan fingerprint density at radius 3 is 2.37 bits per heavy atom. The highest BCUT2D eigenvalue weighted by Crippen LogP contribution is 2.36. The minimum Gasteiger partial charge on any atom is -0.454 e. The molecule has 1 heterocycles. The quantitative estimate of drug-likeness (QED) is 0.346. The van der Waals surface area contributed by atoms with E-state index in [4.69, 9.17) is 9.47 Å². The monoisotopic (exact) mass is 609 g/mol. The lowest BCUT2D eigenvalue weighted by atomic mass is 9.94. The Hall–Kier alpha value is -4.12. The number of hydrogen-bond donors (Lipinski definition) is 1. The van der Waals surface area contributed by atoms with Crippen molar-refractivity contribution < 1.29 is 31.9 Å². The maximum Gasteiger partial charge on any atom is 0.244 e. The fraction of sp³-hybridized carbons (Fsp3) is 0.375. The molecule has 1 N–H and O–H groups in total. The van der Waals surface area contributed by atoms with Crippen LogP contribution in [0, 0.1) is 5.82 Å². The largest absolute Gasteiger partial charge is 0.454 e. The third-order valence-corrected chi connectivity index (χ3v) is 8.99. The van der Waals surface area contributed by atoms with Crippen molar-refractivity contribution in [1.82, 2.24) is 10.2 Å². The zero-order valence-corrected chi connectivity index (χ0v) is 24.9. The second kappa shape index (κ2) is 13.5. The van der Waals surface area contributed by atoms with Gasteiger partial charge in [-0.3, -0.25) is 13.9 Å². The van der Waals surface area contributed by atoms with E-state index in [1.54, 1.807) is 24.3 Å². The topological polar surface area (TPSA) is 105 Å². The molecule has 1 aliphatic heterocycles. The Morgan fingerprint density at radius 1 is 0.953 bits per heavy atom. The van der Waals surface area contributed by atoms with Crippen LogP contribution in [0.4, 0.5) is 10.1 Å². The van der Waals surface area contributed by atoms with Crippen LogP contribution in [0.2, 0.25) is 0 Å². The molecule has 1 aliphatic carbocycles. The Morgan fingerprint density at radius 2 is 1.65 bits per heavy atom. The molecule has 1 saturated carbocycles. The molecule has 3 aromatic rings. The van der Waals surface area contributed by atoms with Crippen LogP contribution in [-0.4, -0.2) is 56.8 Å². The van der Waals surface area contributed by atoms with Gasteiger partial charge in [0, 0.05) is 30.6 Å². The predicted octanol–water partition coefficient (Wildman–Crippen LogP) is 4.41. The summed E-state index contributed by atoms with van der Waals surface area (Å²) in [7, 11) is -3.96. The van der Waals surface area contributed by atoms with Crippen molar-refractivity contribution in [3.8, 4) is 11.5 Å². The van der Waals surface area contributed by atoms with Crippen molar-refractivity contribution >= 4 is 27.5 Å². The summed E-state index contributed by atoms with van der Waals surface area (Å²) in [6.07, 6.45) is 5.98. The first-order chi connectivity index (χ1) is 20.7. The number of nitrogens with zero attached hydrogens (tertiary/aromatic N) is 2. The molecule has 0 radical (unpaired) electrons. The molecule has 2 aliphatic rings. The van der Waals surface area contributed by atoms with E-state index in [1.807, 2.05) is 30.3 Å². The van der Waals surface area contributed by atoms with Gasteiger partial charge in [-0.05, 0) is 36.6 Å². The number of hydrogen-bond acceptors (Lipinski definition) is 6. The first-order valence-corrected chi connectivity index (χ1v) is 16.3. The van der Waals surface area contributed by atoms with Crippen molar-refractivity contribution in [2.45, 2.75) is 57.2 Å². The highest BCUT2D eigenvalue weighted by atomic mass is 32.2. The molecule has 228 valence electrons. The van der Waals surface area contributed by atoms with Crippen LogP contribution in [0.3, 0.4) is 0 Å². The molecule has 0 saturated heterocycles. The van der Waals surface area contributed by atoms with Gasteiger partial charge in [-0.25, -0.2) is 12.8 Å². The highest BCUT2D eigenvalue weighted by molar-refractivity contribution is 7.92. The highest BCUT2D eigenvalue weighted by Gasteiger charge is 2.34. The number of carbonyl (C=O) groups excluding carboxylic acids is 2. The summed E-state index contributed by atoms with van der Waals surface area (Å²) >= 11 is 0. The lowest BCUT2D eigenvalue weighted by molar-refractivity contribution is -0.140. The molecule has 11 heteroatoms. The normalized spacial score (nSPS) is 15.5. The third kappa shape index (κ3) is 7.64. The molecule has 1 atom stereocenters. The molecule has 0 unspecified atom stereocenters. The van der Waals surface area contributed by atoms with E-state index >= 15 is 0 Å². The fourth-order valence-corrected chi connectivity index (χ4v) is 6.40. The van der Waals surface area contributed by atoms with Gasteiger partial charge in [-0.15, -0.1) is 0 Å². The van der Waals surface area contributed by atoms with E-state index in [0.717, 1.165) is 48.2 Å². The van der Waals surface area contributed by atoms with E-state index in [0.29, 0.717) is 11.5 Å². The van der Waals surface area contributed by atoms with E-state index in [9.17, 15) is 22.4 Å². The standard InChI is InChI=1S/C32H36FN3O6S/c1-43(39,40)36(26-16-17-29-30(19-26)42-22-41-29)21-31(37)35(20-24-12-8-9-15-27(24)33)28(18-23-10-4-2-5-11-23)32(38)34-25-13-6-3-7-14-25/h2,4-5,8-12,15-17,19,25,28H,3,6-7,13-14,18,20-22H2,1H3,(H,34,38)/t28-/m1/s1. The summed E-state index contributed by atoms with van der Waals surface area (Å²) in [5, 5.41) is 3.13. The zero-order chi connectivity index (χ0) is 30.4. The van der Waals surface area contributed by atoms with Gasteiger partial charge >= 0.3 is 0 Å². The lowest BCUT2D eigenvalue weighted by Gasteiger charge is -2.35. The lowest BCUT2D eigenvalue weighted by Crippen LogP contribution is -2.55. The molecular formula is C32H36FN3O6S. The number of anilines is 1. The summed E-state index contributed by atoms with van der Waals surface area (Å²) in [6, 6.07) is 18.9. The van der Waals surface area contributed by atoms with Gasteiger partial charge in [-0.1, -0.05) is 67.8 Å². The SMILES string of the molecule is CS(=O)(=O)N(CC(=O)N(Cc1ccccc1F)[C@H](Cc1ccccc1)C(=O)NC1CCCCC1)c1ccc2c(c1)OCO2. The summed E-state index contributed by atoms with van der Waals surface area (Å²) in [5.74, 6) is -0.703. The fourth-order valence-electron chi connectivity index (χ4n) is 5.56. The second-order valence-corrected chi connectivity index (χ2v) is 12.9. The van der Waals surface area contributed by atoms with E-state index in [1.165, 1.54) is 23.1 Å². The first-order valence-electron chi connectivity index (χ1n) is 14.4. The van der Waals surface area contributed by atoms with Crippen molar-refractivity contribution in [3.63, 3.8) is 0 Å². The number of benzene rings is 3. The van der Waals surface area contributed by atoms with Crippen LogP contribution in [0.5, 0.6) is 11.5 Å². The number of halogens is 1. The average molecular weight is 610 g/mol. The van der Waals surface area contributed by atoms with E-state index < -0.39 is 34.3 Å². The molecule has 0 spiro atoms. The van der Waals surface area contributed by atoms with Gasteiger partial charge in [0.1, 0.15) is 18.4 Å². The van der Waals surface area contributed by atoms with Gasteiger partial charge in [0.25, 0.3) is 0 Å². The van der Waals surface area contributed by atoms with E-state index in [2.05, 4.69) is 5.32 Å². The van der Waals surface area contributed by atoms with Gasteiger partial charge < -0.3 is 19.7 Å². The maximum absolute atomic E-state index is 15.0. The number of rotatable bonds is 11. The Bertz CT molecular complexity index is 1550. The van der Waals surface area contributed by atoms with Crippen LogP contribution in [-0.2, 0) is 32.6 Å². The molecule has 1 fully saturated rings. The molecule has 0 bridgehead atoms. The summed E-state index contributed by atoms with van der Waals surface area (Å²) < 4.78 is 52.7. The predicted molar refractivity (Wildman–Crippen MR) is 161 cm³/mol. The van der Waals surface area contributed by atoms with Gasteiger partial charge in [0.2, 0.25) is 28.6 Å². The number of ether oxygens (including phenoxy) is 2. The van der Waals surface area contributed by atoms with Gasteiger partial charge in [-0.2, -0.15) is 0 Å². The van der Waals surface area contributed by atoms with Crippen LogP contribution in [0.15, 0.2) is 72.8 Å². The first kappa shape index (κ1) is 30.3. The van der Waals surface area contributed by atoms with Crippen molar-refractivity contribution in [2.24, 2.45) is 0 Å². The summed E-state index contributed by atoms with van der Waals surface area (Å²) in [5.41, 5.74) is 1.24. The number of carbonyl (C=O) groups is 2. The number of fused-ring (bicyclic) bond motifs is 1.